The summed E-state index contributed by atoms with van der Waals surface area (Å²) in [6.45, 7) is 3.80. The first kappa shape index (κ1) is 15.3. The van der Waals surface area contributed by atoms with Crippen LogP contribution < -0.4 is 5.32 Å². The minimum absolute atomic E-state index is 0.00772. The summed E-state index contributed by atoms with van der Waals surface area (Å²) >= 11 is 0. The number of rotatable bonds is 3. The summed E-state index contributed by atoms with van der Waals surface area (Å²) in [6, 6.07) is 13.9. The SMILES string of the molecule is Cc1cccc(C)c1NC(=O)/C(C#N)=C\c1ccc(O)cc1. The van der Waals surface area contributed by atoms with Crippen LogP contribution in [0.1, 0.15) is 16.7 Å². The van der Waals surface area contributed by atoms with Gasteiger partial charge in [-0.25, -0.2) is 0 Å². The fourth-order valence-corrected chi connectivity index (χ4v) is 2.08. The van der Waals surface area contributed by atoms with Crippen molar-refractivity contribution in [3.05, 3.63) is 64.7 Å². The Bertz CT molecular complexity index is 748. The van der Waals surface area contributed by atoms with Gasteiger partial charge in [-0.05, 0) is 48.7 Å². The maximum atomic E-state index is 12.3. The predicted octanol–water partition coefficient (Wildman–Crippen LogP) is 3.55. The Kier molecular flexibility index (Phi) is 4.60. The molecule has 110 valence electrons. The van der Waals surface area contributed by atoms with Crippen LogP contribution in [0, 0.1) is 25.2 Å². The van der Waals surface area contributed by atoms with Crippen molar-refractivity contribution in [1.82, 2.24) is 0 Å². The molecule has 0 aromatic heterocycles. The number of aromatic hydroxyl groups is 1. The van der Waals surface area contributed by atoms with Crippen LogP contribution in [-0.4, -0.2) is 11.0 Å². The van der Waals surface area contributed by atoms with Gasteiger partial charge < -0.3 is 10.4 Å². The summed E-state index contributed by atoms with van der Waals surface area (Å²) in [5, 5.41) is 21.2. The van der Waals surface area contributed by atoms with E-state index in [4.69, 9.17) is 0 Å². The summed E-state index contributed by atoms with van der Waals surface area (Å²) in [7, 11) is 0. The molecule has 0 aliphatic rings. The molecule has 2 rings (SSSR count). The lowest BCUT2D eigenvalue weighted by Gasteiger charge is -2.10. The summed E-state index contributed by atoms with van der Waals surface area (Å²) in [4.78, 5) is 12.3. The zero-order valence-electron chi connectivity index (χ0n) is 12.4. The summed E-state index contributed by atoms with van der Waals surface area (Å²) in [6.07, 6.45) is 1.49. The molecule has 0 saturated heterocycles. The van der Waals surface area contributed by atoms with E-state index >= 15 is 0 Å². The van der Waals surface area contributed by atoms with Gasteiger partial charge in [0, 0.05) is 5.69 Å². The van der Waals surface area contributed by atoms with Crippen molar-refractivity contribution in [2.24, 2.45) is 0 Å². The molecule has 2 aromatic rings. The molecule has 0 saturated carbocycles. The number of aryl methyl sites for hydroxylation is 2. The van der Waals surface area contributed by atoms with E-state index in [9.17, 15) is 15.2 Å². The second kappa shape index (κ2) is 6.59. The molecule has 0 aliphatic heterocycles. The first-order valence-corrected chi connectivity index (χ1v) is 6.79. The van der Waals surface area contributed by atoms with E-state index in [1.807, 2.05) is 38.1 Å². The fraction of sp³-hybridized carbons (Fsp3) is 0.111. The lowest BCUT2D eigenvalue weighted by atomic mass is 10.1. The van der Waals surface area contributed by atoms with Crippen molar-refractivity contribution in [2.75, 3.05) is 5.32 Å². The largest absolute Gasteiger partial charge is 0.508 e. The number of nitriles is 1. The molecule has 2 N–H and O–H groups in total. The number of hydrogen-bond donors (Lipinski definition) is 2. The van der Waals surface area contributed by atoms with Crippen LogP contribution in [0.2, 0.25) is 0 Å². The van der Waals surface area contributed by atoms with Crippen LogP contribution in [0.4, 0.5) is 5.69 Å². The van der Waals surface area contributed by atoms with E-state index in [1.54, 1.807) is 12.1 Å². The van der Waals surface area contributed by atoms with Crippen molar-refractivity contribution in [3.8, 4) is 11.8 Å². The highest BCUT2D eigenvalue weighted by molar-refractivity contribution is 6.10. The number of nitrogens with zero attached hydrogens (tertiary/aromatic N) is 1. The molecule has 4 nitrogen and oxygen atoms in total. The molecule has 0 bridgehead atoms. The smallest absolute Gasteiger partial charge is 0.266 e. The maximum absolute atomic E-state index is 12.3. The van der Waals surface area contributed by atoms with E-state index in [-0.39, 0.29) is 11.3 Å². The van der Waals surface area contributed by atoms with Gasteiger partial charge in [-0.1, -0.05) is 30.3 Å². The molecule has 2 aromatic carbocycles. The number of nitrogens with one attached hydrogen (secondary N) is 1. The third kappa shape index (κ3) is 3.53. The number of phenolic OH excluding ortho intramolecular Hbond substituents is 1. The molecule has 4 heteroatoms. The van der Waals surface area contributed by atoms with Crippen molar-refractivity contribution in [3.63, 3.8) is 0 Å². The normalized spacial score (nSPS) is 10.9. The molecule has 0 atom stereocenters. The second-order valence-electron chi connectivity index (χ2n) is 4.98. The van der Waals surface area contributed by atoms with Gasteiger partial charge in [0.2, 0.25) is 0 Å². The van der Waals surface area contributed by atoms with Gasteiger partial charge >= 0.3 is 0 Å². The minimum Gasteiger partial charge on any atom is -0.508 e. The standard InChI is InChI=1S/C18H16N2O2/c1-12-4-3-5-13(2)17(12)20-18(22)15(11-19)10-14-6-8-16(21)9-7-14/h3-10,21H,1-2H3,(H,20,22)/b15-10-. The molecule has 0 radical (unpaired) electrons. The van der Waals surface area contributed by atoms with Gasteiger partial charge in [-0.15, -0.1) is 0 Å². The average Bonchev–Trinajstić information content (AvgIpc) is 2.50. The molecule has 22 heavy (non-hydrogen) atoms. The fourth-order valence-electron chi connectivity index (χ4n) is 2.08. The Labute approximate surface area is 129 Å². The maximum Gasteiger partial charge on any atom is 0.266 e. The van der Waals surface area contributed by atoms with Crippen LogP contribution in [0.25, 0.3) is 6.08 Å². The zero-order valence-corrected chi connectivity index (χ0v) is 12.4. The first-order valence-electron chi connectivity index (χ1n) is 6.79. The molecule has 0 fully saturated rings. The average molecular weight is 292 g/mol. The lowest BCUT2D eigenvalue weighted by molar-refractivity contribution is -0.112. The van der Waals surface area contributed by atoms with Gasteiger partial charge in [0.15, 0.2) is 0 Å². The van der Waals surface area contributed by atoms with Gasteiger partial charge in [-0.3, -0.25) is 4.79 Å². The Morgan fingerprint density at radius 2 is 1.73 bits per heavy atom. The third-order valence-corrected chi connectivity index (χ3v) is 3.29. The van der Waals surface area contributed by atoms with Gasteiger partial charge in [0.25, 0.3) is 5.91 Å². The zero-order chi connectivity index (χ0) is 16.1. The number of amides is 1. The Morgan fingerprint density at radius 1 is 1.14 bits per heavy atom. The number of carbonyl (C=O) groups excluding carboxylic acids is 1. The molecule has 0 heterocycles. The Balaban J connectivity index is 2.26. The van der Waals surface area contributed by atoms with Crippen LogP contribution in [0.3, 0.4) is 0 Å². The Morgan fingerprint density at radius 3 is 2.27 bits per heavy atom. The number of hydrogen-bond acceptors (Lipinski definition) is 3. The van der Waals surface area contributed by atoms with Gasteiger partial charge in [0.05, 0.1) is 0 Å². The molecular formula is C18H16N2O2. The predicted molar refractivity (Wildman–Crippen MR) is 86.2 cm³/mol. The van der Waals surface area contributed by atoms with Crippen LogP contribution in [0.15, 0.2) is 48.0 Å². The van der Waals surface area contributed by atoms with Crippen molar-refractivity contribution < 1.29 is 9.90 Å². The number of phenols is 1. The van der Waals surface area contributed by atoms with E-state index in [1.165, 1.54) is 18.2 Å². The number of benzene rings is 2. The van der Waals surface area contributed by atoms with E-state index in [0.717, 1.165) is 16.8 Å². The highest BCUT2D eigenvalue weighted by atomic mass is 16.3. The van der Waals surface area contributed by atoms with Crippen molar-refractivity contribution in [1.29, 1.82) is 5.26 Å². The third-order valence-electron chi connectivity index (χ3n) is 3.29. The number of anilines is 1. The monoisotopic (exact) mass is 292 g/mol. The second-order valence-corrected chi connectivity index (χ2v) is 4.98. The molecule has 0 unspecified atom stereocenters. The van der Waals surface area contributed by atoms with E-state index < -0.39 is 5.91 Å². The topological polar surface area (TPSA) is 73.1 Å². The van der Waals surface area contributed by atoms with Crippen LogP contribution >= 0.6 is 0 Å². The van der Waals surface area contributed by atoms with E-state index in [2.05, 4.69) is 5.32 Å². The summed E-state index contributed by atoms with van der Waals surface area (Å²) < 4.78 is 0. The quantitative estimate of drug-likeness (QED) is 0.671. The molecule has 0 spiro atoms. The minimum atomic E-state index is -0.451. The molecule has 1 amide bonds. The Hall–Kier alpha value is -3.06. The first-order chi connectivity index (χ1) is 10.5. The highest BCUT2D eigenvalue weighted by Gasteiger charge is 2.12. The molecular weight excluding hydrogens is 276 g/mol. The van der Waals surface area contributed by atoms with Crippen molar-refractivity contribution >= 4 is 17.7 Å². The number of para-hydroxylation sites is 1. The highest BCUT2D eigenvalue weighted by Crippen LogP contribution is 2.20. The van der Waals surface area contributed by atoms with Crippen LogP contribution in [0.5, 0.6) is 5.75 Å². The lowest BCUT2D eigenvalue weighted by Crippen LogP contribution is -2.15. The number of carbonyl (C=O) groups is 1. The van der Waals surface area contributed by atoms with Gasteiger partial charge in [0.1, 0.15) is 17.4 Å². The van der Waals surface area contributed by atoms with E-state index in [0.29, 0.717) is 5.56 Å². The van der Waals surface area contributed by atoms with Crippen LogP contribution in [-0.2, 0) is 4.79 Å². The molecule has 0 aliphatic carbocycles. The summed E-state index contributed by atoms with van der Waals surface area (Å²) in [5.74, 6) is -0.316. The summed E-state index contributed by atoms with van der Waals surface area (Å²) in [5.41, 5.74) is 3.28. The van der Waals surface area contributed by atoms with Gasteiger partial charge in [-0.2, -0.15) is 5.26 Å². The van der Waals surface area contributed by atoms with Crippen molar-refractivity contribution in [2.45, 2.75) is 13.8 Å².